The highest BCUT2D eigenvalue weighted by atomic mass is 16.5. The number of carboxylic acid groups (broad SMARTS) is 1. The first-order valence-corrected chi connectivity index (χ1v) is 31.1. The Morgan fingerprint density at radius 2 is 0.989 bits per heavy atom. The molecular weight excluding hydrogens is 1150 g/mol. The van der Waals surface area contributed by atoms with Crippen LogP contribution < -0.4 is 21.3 Å². The minimum Gasteiger partial charge on any atom is -0.480 e. The summed E-state index contributed by atoms with van der Waals surface area (Å²) in [6, 6.07) is -11.9. The summed E-state index contributed by atoms with van der Waals surface area (Å²) in [6.07, 6.45) is -0.515. The Kier molecular flexibility index (Phi) is 33.0. The molecule has 508 valence electrons. The number of aliphatic hydroxyl groups is 1. The second-order valence-corrected chi connectivity index (χ2v) is 26.4. The molecule has 1 aliphatic rings. The number of aliphatic hydroxyl groups excluding tert-OH is 1. The molecular formula is C62H110N12O15. The molecule has 0 bridgehead atoms. The molecule has 12 atom stereocenters. The van der Waals surface area contributed by atoms with Crippen molar-refractivity contribution in [2.75, 3.05) is 69.0 Å². The largest absolute Gasteiger partial charge is 0.480 e. The van der Waals surface area contributed by atoms with Crippen molar-refractivity contribution in [3.63, 3.8) is 0 Å². The summed E-state index contributed by atoms with van der Waals surface area (Å²) < 4.78 is 5.51. The molecule has 0 aromatic rings. The van der Waals surface area contributed by atoms with Gasteiger partial charge in [0.2, 0.25) is 65.5 Å². The number of likely N-dealkylation sites (N-methyl/N-ethyl adjacent to an activating group) is 8. The molecule has 0 saturated carbocycles. The van der Waals surface area contributed by atoms with Gasteiger partial charge < -0.3 is 70.5 Å². The van der Waals surface area contributed by atoms with E-state index in [-0.39, 0.29) is 61.9 Å². The van der Waals surface area contributed by atoms with Crippen molar-refractivity contribution >= 4 is 77.3 Å². The molecule has 12 unspecified atom stereocenters. The number of carbonyl (C=O) groups is 12. The lowest BCUT2D eigenvalue weighted by Gasteiger charge is -2.41. The fourth-order valence-corrected chi connectivity index (χ4v) is 10.6. The van der Waals surface area contributed by atoms with Crippen LogP contribution in [0.5, 0.6) is 0 Å². The molecule has 0 saturated heterocycles. The van der Waals surface area contributed by atoms with E-state index in [9.17, 15) is 63.0 Å². The van der Waals surface area contributed by atoms with Crippen LogP contribution in [0.25, 0.3) is 0 Å². The lowest BCUT2D eigenvalue weighted by Crippen LogP contribution is -2.63. The van der Waals surface area contributed by atoms with Gasteiger partial charge in [-0.15, -0.1) is 0 Å². The summed E-state index contributed by atoms with van der Waals surface area (Å²) in [7, 11) is 9.76. The zero-order chi connectivity index (χ0) is 69.0. The fourth-order valence-electron chi connectivity index (χ4n) is 10.6. The molecule has 1 rings (SSSR count). The number of carboxylic acids is 1. The molecule has 1 aliphatic heterocycles. The number of ether oxygens (including phenoxy) is 1. The van der Waals surface area contributed by atoms with E-state index in [1.165, 1.54) is 94.6 Å². The van der Waals surface area contributed by atoms with E-state index in [0.29, 0.717) is 19.4 Å². The molecule has 11 amide bonds. The van der Waals surface area contributed by atoms with E-state index in [4.69, 9.17) is 4.74 Å². The second-order valence-electron chi connectivity index (χ2n) is 26.4. The summed E-state index contributed by atoms with van der Waals surface area (Å²) in [5.74, 6) is -10.3. The standard InChI is InChI=1S/C62H110N12O15/c1-24-63-53(78)40(15)64-54(79)44(26-34(4)5)71(20)60(85)49(37(10)11)67-55(80)43(25-33(2)3)70(19)48(76)30-68(17)57(82)41(16)65-56(81)51(52(77)39(14)29-47-66-42(31-89-47)62(87)88)74(23)61(86)50(38(12)13)73(22)59(84)46(28-36(8)9)72(21)58(83)45(27-35(6)7)69(18)32-75/h32-46,49-52,77H,24-31H2,1-23H3,(H,63,78)(H,64,79)(H,65,81)(H,67,80)(H,87,88). The first kappa shape index (κ1) is 80.1. The third-order valence-electron chi connectivity index (χ3n) is 16.0. The Bertz CT molecular complexity index is 2470. The normalized spacial score (nSPS) is 16.9. The van der Waals surface area contributed by atoms with E-state index in [1.807, 2.05) is 55.4 Å². The molecule has 27 heteroatoms. The number of rotatable bonds is 37. The Labute approximate surface area is 528 Å². The number of hydrogen-bond acceptors (Lipinski definition) is 15. The molecule has 6 N–H and O–H groups in total. The van der Waals surface area contributed by atoms with Crippen LogP contribution >= 0.6 is 0 Å². The smallest absolute Gasteiger partial charge is 0.332 e. The van der Waals surface area contributed by atoms with Crippen molar-refractivity contribution in [2.45, 2.75) is 209 Å². The van der Waals surface area contributed by atoms with Gasteiger partial charge in [-0.05, 0) is 87.9 Å². The molecule has 1 heterocycles. The highest BCUT2D eigenvalue weighted by Crippen LogP contribution is 2.26. The Morgan fingerprint density at radius 1 is 0.539 bits per heavy atom. The molecule has 89 heavy (non-hydrogen) atoms. The fraction of sp³-hybridized carbons (Fsp3) is 0.790. The second kappa shape index (κ2) is 36.7. The van der Waals surface area contributed by atoms with Crippen molar-refractivity contribution in [1.82, 2.24) is 55.6 Å². The van der Waals surface area contributed by atoms with Gasteiger partial charge in [-0.1, -0.05) is 90.0 Å². The van der Waals surface area contributed by atoms with E-state index >= 15 is 4.79 Å². The number of carbonyl (C=O) groups excluding carboxylic acids is 11. The highest BCUT2D eigenvalue weighted by Gasteiger charge is 2.45. The van der Waals surface area contributed by atoms with Gasteiger partial charge in [0.15, 0.2) is 11.9 Å². The lowest BCUT2D eigenvalue weighted by molar-refractivity contribution is -0.157. The topological polar surface area (TPSA) is 338 Å². The van der Waals surface area contributed by atoms with Gasteiger partial charge in [0.05, 0.1) is 12.6 Å². The third kappa shape index (κ3) is 23.4. The summed E-state index contributed by atoms with van der Waals surface area (Å²) in [5, 5.41) is 32.5. The summed E-state index contributed by atoms with van der Waals surface area (Å²) in [4.78, 5) is 178. The first-order chi connectivity index (χ1) is 41.1. The maximum Gasteiger partial charge on any atom is 0.332 e. The van der Waals surface area contributed by atoms with Gasteiger partial charge in [-0.2, -0.15) is 0 Å². The van der Waals surface area contributed by atoms with Gasteiger partial charge in [0.25, 0.3) is 0 Å². The molecule has 0 spiro atoms. The summed E-state index contributed by atoms with van der Waals surface area (Å²) in [5.41, 5.74) is 0. The summed E-state index contributed by atoms with van der Waals surface area (Å²) >= 11 is 0. The number of aliphatic imine (C=N–C) groups is 1. The van der Waals surface area contributed by atoms with Crippen LogP contribution in [-0.2, 0) is 62.3 Å². The average molecular weight is 1260 g/mol. The van der Waals surface area contributed by atoms with Crippen LogP contribution in [0.3, 0.4) is 0 Å². The zero-order valence-electron chi connectivity index (χ0n) is 57.4. The molecule has 0 fully saturated rings. The average Bonchev–Trinajstić information content (AvgIpc) is 1.27. The van der Waals surface area contributed by atoms with Crippen molar-refractivity contribution in [1.29, 1.82) is 0 Å². The van der Waals surface area contributed by atoms with Gasteiger partial charge >= 0.3 is 5.97 Å². The van der Waals surface area contributed by atoms with Crippen molar-refractivity contribution < 1.29 is 72.5 Å². The van der Waals surface area contributed by atoms with Crippen LogP contribution in [0.1, 0.15) is 143 Å². The predicted octanol–water partition coefficient (Wildman–Crippen LogP) is 1.43. The van der Waals surface area contributed by atoms with Crippen LogP contribution in [0, 0.1) is 41.4 Å². The Balaban J connectivity index is 3.69. The van der Waals surface area contributed by atoms with Gasteiger partial charge in [-0.3, -0.25) is 52.7 Å². The number of nitrogens with one attached hydrogen (secondary N) is 4. The Morgan fingerprint density at radius 3 is 1.45 bits per heavy atom. The van der Waals surface area contributed by atoms with Crippen LogP contribution in [0.2, 0.25) is 0 Å². The number of aliphatic carboxylic acids is 1. The molecule has 27 nitrogen and oxygen atoms in total. The van der Waals surface area contributed by atoms with Crippen molar-refractivity contribution in [3.8, 4) is 0 Å². The van der Waals surface area contributed by atoms with Crippen LogP contribution in [0.15, 0.2) is 4.99 Å². The van der Waals surface area contributed by atoms with E-state index in [0.717, 1.165) is 9.80 Å². The third-order valence-corrected chi connectivity index (χ3v) is 16.0. The molecule has 0 aromatic heterocycles. The summed E-state index contributed by atoms with van der Waals surface area (Å²) in [6.45, 7) is 27.4. The highest BCUT2D eigenvalue weighted by molar-refractivity contribution is 5.98. The first-order valence-electron chi connectivity index (χ1n) is 31.1. The number of nitrogens with zero attached hydrogens (tertiary/aromatic N) is 8. The monoisotopic (exact) mass is 1260 g/mol. The van der Waals surface area contributed by atoms with Crippen molar-refractivity contribution in [3.05, 3.63) is 0 Å². The van der Waals surface area contributed by atoms with E-state index in [1.54, 1.807) is 34.6 Å². The van der Waals surface area contributed by atoms with Gasteiger partial charge in [0.1, 0.15) is 61.0 Å². The maximum atomic E-state index is 15.1. The number of hydrogen-bond donors (Lipinski definition) is 6. The maximum absolute atomic E-state index is 15.1. The zero-order valence-corrected chi connectivity index (χ0v) is 57.4. The molecule has 0 aliphatic carbocycles. The van der Waals surface area contributed by atoms with E-state index < -0.39 is 156 Å². The molecule has 0 aromatic carbocycles. The van der Waals surface area contributed by atoms with Gasteiger partial charge in [-0.25, -0.2) is 9.79 Å². The van der Waals surface area contributed by atoms with Gasteiger partial charge in [0, 0.05) is 62.3 Å². The lowest BCUT2D eigenvalue weighted by atomic mass is 9.91. The molecule has 0 radical (unpaired) electrons. The SMILES string of the molecule is CCNC(=O)C(C)NC(=O)C(CC(C)C)N(C)C(=O)C(NC(=O)C(CC(C)C)N(C)C(=O)CN(C)C(=O)C(C)NC(=O)C(C(O)C(C)CC1=NC(C(=O)O)CO1)N(C)C(=O)C(C(C)C)N(C)C(=O)C(CC(C)C)N(C)C(=O)C(CC(C)C)N(C)C=O)C(C)C. The minimum atomic E-state index is -1.79. The minimum absolute atomic E-state index is 0.00747. The quantitative estimate of drug-likeness (QED) is 0.0480. The van der Waals surface area contributed by atoms with Crippen LogP contribution in [0.4, 0.5) is 0 Å². The van der Waals surface area contributed by atoms with Crippen molar-refractivity contribution in [2.24, 2.45) is 46.4 Å². The van der Waals surface area contributed by atoms with Crippen LogP contribution in [-0.4, -0.2) is 257 Å². The predicted molar refractivity (Wildman–Crippen MR) is 336 cm³/mol. The number of amides is 11. The van der Waals surface area contributed by atoms with E-state index in [2.05, 4.69) is 26.3 Å². The Hall–Kier alpha value is -6.93.